The molecule has 3 heterocycles. The fraction of sp³-hybridized carbons (Fsp3) is 0.0769. The molecule has 3 heteroatoms. The van der Waals surface area contributed by atoms with Crippen LogP contribution < -0.4 is 10.2 Å². The van der Waals surface area contributed by atoms with Gasteiger partial charge in [-0.05, 0) is 76.9 Å². The lowest BCUT2D eigenvalue weighted by Crippen LogP contribution is -2.26. The molecular formula is C39H29N3. The number of aromatic nitrogens is 1. The van der Waals surface area contributed by atoms with E-state index < -0.39 is 0 Å². The molecule has 3 nitrogen and oxygen atoms in total. The van der Waals surface area contributed by atoms with Gasteiger partial charge in [0.1, 0.15) is 0 Å². The van der Waals surface area contributed by atoms with E-state index in [-0.39, 0.29) is 5.41 Å². The van der Waals surface area contributed by atoms with Crippen molar-refractivity contribution in [2.75, 3.05) is 10.2 Å². The molecule has 0 saturated carbocycles. The maximum atomic E-state index is 3.72. The molecule has 0 saturated heterocycles. The minimum Gasteiger partial charge on any atom is -0.352 e. The van der Waals surface area contributed by atoms with E-state index >= 15 is 0 Å². The summed E-state index contributed by atoms with van der Waals surface area (Å²) >= 11 is 0. The van der Waals surface area contributed by atoms with Crippen molar-refractivity contribution >= 4 is 50.2 Å². The van der Waals surface area contributed by atoms with Gasteiger partial charge in [0.15, 0.2) is 0 Å². The van der Waals surface area contributed by atoms with E-state index in [1.165, 1.54) is 49.7 Å². The Morgan fingerprint density at radius 3 is 2.10 bits per heavy atom. The van der Waals surface area contributed by atoms with Gasteiger partial charge in [-0.15, -0.1) is 0 Å². The maximum absolute atomic E-state index is 3.72. The molecular weight excluding hydrogens is 510 g/mol. The van der Waals surface area contributed by atoms with Gasteiger partial charge < -0.3 is 14.8 Å². The van der Waals surface area contributed by atoms with Crippen LogP contribution in [0.5, 0.6) is 0 Å². The normalized spacial score (nSPS) is 14.3. The van der Waals surface area contributed by atoms with Crippen molar-refractivity contribution in [3.05, 3.63) is 145 Å². The highest BCUT2D eigenvalue weighted by Gasteiger charge is 2.34. The van der Waals surface area contributed by atoms with Crippen LogP contribution in [0.2, 0.25) is 0 Å². The lowest BCUT2D eigenvalue weighted by molar-refractivity contribution is 0.630. The lowest BCUT2D eigenvalue weighted by Gasteiger charge is -2.34. The number of fused-ring (bicyclic) bond motifs is 7. The molecule has 0 atom stereocenters. The van der Waals surface area contributed by atoms with E-state index in [9.17, 15) is 0 Å². The first-order valence-corrected chi connectivity index (χ1v) is 14.6. The molecule has 2 aliphatic heterocycles. The monoisotopic (exact) mass is 539 g/mol. The van der Waals surface area contributed by atoms with Crippen molar-refractivity contribution in [2.45, 2.75) is 19.3 Å². The molecule has 0 spiro atoms. The van der Waals surface area contributed by atoms with Crippen LogP contribution in [0.25, 0.3) is 38.6 Å². The van der Waals surface area contributed by atoms with Crippen LogP contribution in [-0.4, -0.2) is 4.57 Å². The second kappa shape index (κ2) is 8.37. The summed E-state index contributed by atoms with van der Waals surface area (Å²) in [6.45, 7) is 4.70. The van der Waals surface area contributed by atoms with Crippen molar-refractivity contribution in [1.82, 2.24) is 4.57 Å². The van der Waals surface area contributed by atoms with Gasteiger partial charge in [-0.1, -0.05) is 92.7 Å². The molecule has 0 amide bonds. The molecule has 1 aromatic heterocycles. The first-order valence-electron chi connectivity index (χ1n) is 14.6. The molecule has 2 aliphatic rings. The number of anilines is 5. The van der Waals surface area contributed by atoms with Crippen LogP contribution in [0.1, 0.15) is 25.0 Å². The highest BCUT2D eigenvalue weighted by Crippen LogP contribution is 2.50. The third-order valence-corrected chi connectivity index (χ3v) is 9.28. The van der Waals surface area contributed by atoms with Gasteiger partial charge in [0.25, 0.3) is 0 Å². The van der Waals surface area contributed by atoms with Crippen molar-refractivity contribution in [1.29, 1.82) is 0 Å². The minimum atomic E-state index is -0.0611. The van der Waals surface area contributed by atoms with E-state index in [4.69, 9.17) is 0 Å². The van der Waals surface area contributed by atoms with Gasteiger partial charge in [-0.25, -0.2) is 0 Å². The van der Waals surface area contributed by atoms with Gasteiger partial charge in [0.05, 0.1) is 39.5 Å². The summed E-state index contributed by atoms with van der Waals surface area (Å²) in [7, 11) is 0. The summed E-state index contributed by atoms with van der Waals surface area (Å²) in [6, 6.07) is 48.6. The topological polar surface area (TPSA) is 20.2 Å². The Bertz CT molecular complexity index is 2200. The molecule has 0 aliphatic carbocycles. The molecule has 6 aromatic carbocycles. The predicted molar refractivity (Wildman–Crippen MR) is 176 cm³/mol. The quantitative estimate of drug-likeness (QED) is 0.236. The second-order valence-electron chi connectivity index (χ2n) is 12.0. The molecule has 42 heavy (non-hydrogen) atoms. The lowest BCUT2D eigenvalue weighted by atomic mass is 9.75. The number of para-hydroxylation sites is 5. The van der Waals surface area contributed by atoms with Gasteiger partial charge in [0.2, 0.25) is 0 Å². The van der Waals surface area contributed by atoms with Crippen LogP contribution in [0, 0.1) is 0 Å². The Hall–Kier alpha value is -5.28. The van der Waals surface area contributed by atoms with Crippen LogP contribution in [0.4, 0.5) is 28.4 Å². The third kappa shape index (κ3) is 3.11. The van der Waals surface area contributed by atoms with Gasteiger partial charge in [-0.2, -0.15) is 0 Å². The first-order chi connectivity index (χ1) is 20.6. The van der Waals surface area contributed by atoms with Crippen LogP contribution in [-0.2, 0) is 5.41 Å². The highest BCUT2D eigenvalue weighted by atomic mass is 15.2. The second-order valence-corrected chi connectivity index (χ2v) is 12.0. The molecule has 0 fully saturated rings. The van der Waals surface area contributed by atoms with Gasteiger partial charge in [0, 0.05) is 21.9 Å². The minimum absolute atomic E-state index is 0.0611. The first kappa shape index (κ1) is 23.4. The van der Waals surface area contributed by atoms with Crippen LogP contribution >= 0.6 is 0 Å². The molecule has 0 bridgehead atoms. The van der Waals surface area contributed by atoms with Crippen molar-refractivity contribution < 1.29 is 0 Å². The maximum Gasteiger partial charge on any atom is 0.0698 e. The zero-order valence-electron chi connectivity index (χ0n) is 23.6. The highest BCUT2D eigenvalue weighted by molar-refractivity contribution is 6.12. The number of hydrogen-bond donors (Lipinski definition) is 1. The van der Waals surface area contributed by atoms with Crippen molar-refractivity contribution in [2.24, 2.45) is 0 Å². The van der Waals surface area contributed by atoms with Crippen LogP contribution in [0.3, 0.4) is 0 Å². The van der Waals surface area contributed by atoms with E-state index in [0.29, 0.717) is 0 Å². The zero-order valence-corrected chi connectivity index (χ0v) is 23.6. The van der Waals surface area contributed by atoms with Gasteiger partial charge in [-0.3, -0.25) is 0 Å². The number of rotatable bonds is 2. The third-order valence-electron chi connectivity index (χ3n) is 9.28. The predicted octanol–water partition coefficient (Wildman–Crippen LogP) is 10.6. The average Bonchev–Trinajstić information content (AvgIpc) is 3.37. The van der Waals surface area contributed by atoms with E-state index in [1.54, 1.807) is 0 Å². The number of hydrogen-bond acceptors (Lipinski definition) is 2. The van der Waals surface area contributed by atoms with E-state index in [1.807, 2.05) is 0 Å². The number of benzene rings is 6. The van der Waals surface area contributed by atoms with E-state index in [0.717, 1.165) is 28.4 Å². The Morgan fingerprint density at radius 1 is 0.524 bits per heavy atom. The summed E-state index contributed by atoms with van der Waals surface area (Å²) in [5, 5.41) is 6.32. The summed E-state index contributed by atoms with van der Waals surface area (Å²) in [4.78, 5) is 2.35. The molecule has 9 rings (SSSR count). The molecule has 0 radical (unpaired) electrons. The number of nitrogens with zero attached hydrogens (tertiary/aromatic N) is 2. The van der Waals surface area contributed by atoms with Crippen molar-refractivity contribution in [3.63, 3.8) is 0 Å². The zero-order chi connectivity index (χ0) is 28.0. The summed E-state index contributed by atoms with van der Waals surface area (Å²) in [5.41, 5.74) is 14.6. The van der Waals surface area contributed by atoms with Gasteiger partial charge >= 0.3 is 0 Å². The molecule has 0 unspecified atom stereocenters. The fourth-order valence-electron chi connectivity index (χ4n) is 7.26. The SMILES string of the molecule is CC1(C)c2ccccc2-n2c3ccc(-c4ccc5c(c4)Nc4ccccc4N5c4ccccc4)cc3c3cccc1c32. The van der Waals surface area contributed by atoms with Crippen LogP contribution in [0.15, 0.2) is 133 Å². The number of nitrogens with one attached hydrogen (secondary N) is 1. The largest absolute Gasteiger partial charge is 0.352 e. The summed E-state index contributed by atoms with van der Waals surface area (Å²) in [6.07, 6.45) is 0. The summed E-state index contributed by atoms with van der Waals surface area (Å²) < 4.78 is 2.48. The Balaban J connectivity index is 1.23. The average molecular weight is 540 g/mol. The standard InChI is InChI=1S/C39H29N3/c1-39(2)30-14-6-8-17-35(30)42-34-21-19-25(23-29(34)28-13-10-15-31(39)38(28)42)26-20-22-37-33(24-26)40-32-16-7-9-18-36(32)41(37)27-11-4-3-5-12-27/h3-24,40H,1-2H3. The Morgan fingerprint density at radius 2 is 1.21 bits per heavy atom. The molecule has 200 valence electrons. The van der Waals surface area contributed by atoms with Crippen molar-refractivity contribution in [3.8, 4) is 16.8 Å². The van der Waals surface area contributed by atoms with E-state index in [2.05, 4.69) is 162 Å². The Labute approximate surface area is 245 Å². The smallest absolute Gasteiger partial charge is 0.0698 e. The molecule has 1 N–H and O–H groups in total. The molecule has 7 aromatic rings. The Kier molecular flexibility index (Phi) is 4.67. The fourth-order valence-corrected chi connectivity index (χ4v) is 7.26. The summed E-state index contributed by atoms with van der Waals surface area (Å²) in [5.74, 6) is 0.